The van der Waals surface area contributed by atoms with Gasteiger partial charge in [0.25, 0.3) is 0 Å². The molecule has 3 heteroatoms. The van der Waals surface area contributed by atoms with E-state index in [1.54, 1.807) is 0 Å². The molecule has 0 aliphatic heterocycles. The van der Waals surface area contributed by atoms with Crippen LogP contribution < -0.4 is 5.32 Å². The maximum absolute atomic E-state index is 3.57. The fourth-order valence-electron chi connectivity index (χ4n) is 2.38. The van der Waals surface area contributed by atoms with Crippen LogP contribution in [-0.4, -0.2) is 4.98 Å². The van der Waals surface area contributed by atoms with Crippen LogP contribution in [-0.2, 0) is 6.54 Å². The van der Waals surface area contributed by atoms with Gasteiger partial charge in [-0.3, -0.25) is 0 Å². The molecular weight excluding hydrogens is 312 g/mol. The first kappa shape index (κ1) is 13.4. The third-order valence-electron chi connectivity index (χ3n) is 3.58. The Labute approximate surface area is 127 Å². The second kappa shape index (κ2) is 5.81. The first-order chi connectivity index (χ1) is 9.72. The largest absolute Gasteiger partial charge is 0.361 e. The van der Waals surface area contributed by atoms with Crippen LogP contribution in [0.15, 0.2) is 59.2 Å². The number of halogens is 1. The summed E-state index contributed by atoms with van der Waals surface area (Å²) < 4.78 is 1.12. The minimum absolute atomic E-state index is 0.328. The lowest BCUT2D eigenvalue weighted by Gasteiger charge is -2.14. The third kappa shape index (κ3) is 2.94. The van der Waals surface area contributed by atoms with E-state index in [9.17, 15) is 0 Å². The van der Waals surface area contributed by atoms with Crippen molar-refractivity contribution < 1.29 is 0 Å². The summed E-state index contributed by atoms with van der Waals surface area (Å²) in [6.07, 6.45) is 1.98. The van der Waals surface area contributed by atoms with Gasteiger partial charge in [0, 0.05) is 28.8 Å². The highest BCUT2D eigenvalue weighted by molar-refractivity contribution is 9.10. The van der Waals surface area contributed by atoms with Gasteiger partial charge in [-0.2, -0.15) is 0 Å². The number of rotatable bonds is 4. The summed E-state index contributed by atoms with van der Waals surface area (Å²) in [6, 6.07) is 17.4. The zero-order valence-corrected chi connectivity index (χ0v) is 12.9. The molecule has 0 saturated heterocycles. The molecule has 2 nitrogen and oxygen atoms in total. The number of benzene rings is 2. The van der Waals surface area contributed by atoms with Gasteiger partial charge in [-0.05, 0) is 53.8 Å². The van der Waals surface area contributed by atoms with Gasteiger partial charge in [-0.15, -0.1) is 0 Å². The van der Waals surface area contributed by atoms with Crippen LogP contribution >= 0.6 is 15.9 Å². The lowest BCUT2D eigenvalue weighted by Crippen LogP contribution is -2.17. The quantitative estimate of drug-likeness (QED) is 0.708. The van der Waals surface area contributed by atoms with Crippen molar-refractivity contribution in [1.29, 1.82) is 0 Å². The second-order valence-corrected chi connectivity index (χ2v) is 5.97. The molecule has 20 heavy (non-hydrogen) atoms. The molecule has 2 aromatic carbocycles. The van der Waals surface area contributed by atoms with E-state index in [2.05, 4.69) is 81.7 Å². The number of fused-ring (bicyclic) bond motifs is 1. The van der Waals surface area contributed by atoms with Crippen molar-refractivity contribution in [3.8, 4) is 0 Å². The minimum atomic E-state index is 0.328. The highest BCUT2D eigenvalue weighted by atomic mass is 79.9. The van der Waals surface area contributed by atoms with Crippen molar-refractivity contribution in [3.05, 3.63) is 70.3 Å². The highest BCUT2D eigenvalue weighted by Crippen LogP contribution is 2.19. The van der Waals surface area contributed by atoms with Crippen LogP contribution in [0, 0.1) is 0 Å². The number of aromatic nitrogens is 1. The van der Waals surface area contributed by atoms with E-state index in [4.69, 9.17) is 0 Å². The van der Waals surface area contributed by atoms with Crippen LogP contribution in [0.3, 0.4) is 0 Å². The van der Waals surface area contributed by atoms with E-state index in [0.717, 1.165) is 11.0 Å². The molecule has 0 fully saturated rings. The Morgan fingerprint density at radius 3 is 2.90 bits per heavy atom. The lowest BCUT2D eigenvalue weighted by atomic mass is 10.1. The van der Waals surface area contributed by atoms with Crippen molar-refractivity contribution in [3.63, 3.8) is 0 Å². The van der Waals surface area contributed by atoms with Crippen molar-refractivity contribution in [2.45, 2.75) is 19.5 Å². The molecule has 1 atom stereocenters. The first-order valence-electron chi connectivity index (χ1n) is 6.77. The molecule has 3 aromatic rings. The van der Waals surface area contributed by atoms with Gasteiger partial charge >= 0.3 is 0 Å². The van der Waals surface area contributed by atoms with Crippen LogP contribution in [0.25, 0.3) is 10.9 Å². The van der Waals surface area contributed by atoms with Crippen molar-refractivity contribution >= 4 is 26.8 Å². The lowest BCUT2D eigenvalue weighted by molar-refractivity contribution is 0.575. The number of hydrogen-bond donors (Lipinski definition) is 2. The molecule has 0 bridgehead atoms. The summed E-state index contributed by atoms with van der Waals surface area (Å²) in [5, 5.41) is 4.83. The average molecular weight is 329 g/mol. The molecule has 0 aliphatic rings. The number of hydrogen-bond acceptors (Lipinski definition) is 1. The molecule has 102 valence electrons. The predicted molar refractivity (Wildman–Crippen MR) is 87.7 cm³/mol. The third-order valence-corrected chi connectivity index (χ3v) is 4.07. The first-order valence-corrected chi connectivity index (χ1v) is 7.56. The molecule has 1 heterocycles. The normalized spacial score (nSPS) is 12.7. The summed E-state index contributed by atoms with van der Waals surface area (Å²) in [5.74, 6) is 0. The molecule has 1 aromatic heterocycles. The minimum Gasteiger partial charge on any atom is -0.361 e. The van der Waals surface area contributed by atoms with E-state index in [1.165, 1.54) is 22.0 Å². The summed E-state index contributed by atoms with van der Waals surface area (Å²) in [6.45, 7) is 3.06. The standard InChI is InChI=1S/C17H17BrN2/c1-12(14-3-2-4-16(18)10-14)20-11-13-5-6-17-15(9-13)7-8-19-17/h2-10,12,19-20H,11H2,1H3/t12-/m0/s1. The Morgan fingerprint density at radius 1 is 1.15 bits per heavy atom. The molecule has 0 radical (unpaired) electrons. The maximum atomic E-state index is 3.57. The Hall–Kier alpha value is -1.58. The molecule has 3 rings (SSSR count). The molecule has 0 saturated carbocycles. The molecule has 0 aliphatic carbocycles. The molecule has 0 amide bonds. The zero-order chi connectivity index (χ0) is 13.9. The monoisotopic (exact) mass is 328 g/mol. The summed E-state index contributed by atoms with van der Waals surface area (Å²) in [4.78, 5) is 3.22. The van der Waals surface area contributed by atoms with Gasteiger partial charge in [0.15, 0.2) is 0 Å². The predicted octanol–water partition coefficient (Wildman–Crippen LogP) is 4.78. The van der Waals surface area contributed by atoms with Crippen LogP contribution in [0.4, 0.5) is 0 Å². The van der Waals surface area contributed by atoms with E-state index >= 15 is 0 Å². The summed E-state index contributed by atoms with van der Waals surface area (Å²) >= 11 is 3.52. The molecule has 0 spiro atoms. The SMILES string of the molecule is C[C@H](NCc1ccc2[nH]ccc2c1)c1cccc(Br)c1. The number of aromatic amines is 1. The Bertz CT molecular complexity index is 718. The van der Waals surface area contributed by atoms with Gasteiger partial charge in [0.1, 0.15) is 0 Å². The summed E-state index contributed by atoms with van der Waals surface area (Å²) in [5.41, 5.74) is 3.79. The topological polar surface area (TPSA) is 27.8 Å². The fourth-order valence-corrected chi connectivity index (χ4v) is 2.79. The van der Waals surface area contributed by atoms with E-state index < -0.39 is 0 Å². The highest BCUT2D eigenvalue weighted by Gasteiger charge is 2.05. The molecular formula is C17H17BrN2. The van der Waals surface area contributed by atoms with Crippen molar-refractivity contribution in [1.82, 2.24) is 10.3 Å². The average Bonchev–Trinajstić information content (AvgIpc) is 2.92. The van der Waals surface area contributed by atoms with Gasteiger partial charge in [0.2, 0.25) is 0 Å². The Kier molecular flexibility index (Phi) is 3.90. The second-order valence-electron chi connectivity index (χ2n) is 5.06. The van der Waals surface area contributed by atoms with E-state index in [1.807, 2.05) is 6.20 Å². The van der Waals surface area contributed by atoms with E-state index in [0.29, 0.717) is 6.04 Å². The van der Waals surface area contributed by atoms with Crippen LogP contribution in [0.2, 0.25) is 0 Å². The molecule has 0 unspecified atom stereocenters. The van der Waals surface area contributed by atoms with Gasteiger partial charge in [-0.1, -0.05) is 34.1 Å². The maximum Gasteiger partial charge on any atom is 0.0454 e. The van der Waals surface area contributed by atoms with Crippen molar-refractivity contribution in [2.24, 2.45) is 0 Å². The smallest absolute Gasteiger partial charge is 0.0454 e. The van der Waals surface area contributed by atoms with Gasteiger partial charge < -0.3 is 10.3 Å². The summed E-state index contributed by atoms with van der Waals surface area (Å²) in [7, 11) is 0. The van der Waals surface area contributed by atoms with Gasteiger partial charge in [0.05, 0.1) is 0 Å². The Morgan fingerprint density at radius 2 is 2.05 bits per heavy atom. The van der Waals surface area contributed by atoms with Crippen LogP contribution in [0.5, 0.6) is 0 Å². The Balaban J connectivity index is 1.69. The molecule has 2 N–H and O–H groups in total. The fraction of sp³-hybridized carbons (Fsp3) is 0.176. The van der Waals surface area contributed by atoms with E-state index in [-0.39, 0.29) is 0 Å². The van der Waals surface area contributed by atoms with Gasteiger partial charge in [-0.25, -0.2) is 0 Å². The van der Waals surface area contributed by atoms with Crippen molar-refractivity contribution in [2.75, 3.05) is 0 Å². The number of nitrogens with one attached hydrogen (secondary N) is 2. The zero-order valence-electron chi connectivity index (χ0n) is 11.4. The van der Waals surface area contributed by atoms with Crippen LogP contribution in [0.1, 0.15) is 24.1 Å². The number of H-pyrrole nitrogens is 1.